The van der Waals surface area contributed by atoms with Gasteiger partial charge in [0.05, 0.1) is 11.9 Å². The van der Waals surface area contributed by atoms with Crippen LogP contribution in [0.5, 0.6) is 0 Å². The van der Waals surface area contributed by atoms with Gasteiger partial charge in [0.25, 0.3) is 0 Å². The van der Waals surface area contributed by atoms with Crippen molar-refractivity contribution < 1.29 is 0 Å². The first kappa shape index (κ1) is 8.12. The molecule has 5 nitrogen and oxygen atoms in total. The first-order valence-corrected chi connectivity index (χ1v) is 3.93. The van der Waals surface area contributed by atoms with Crippen LogP contribution >= 0.6 is 0 Å². The van der Waals surface area contributed by atoms with Crippen LogP contribution in [0, 0.1) is 13.1 Å². The molecule has 0 atom stereocenters. The summed E-state index contributed by atoms with van der Waals surface area (Å²) in [6.45, 7) is 1.98. The third-order valence-corrected chi connectivity index (χ3v) is 2.07. The Bertz CT molecular complexity index is 387. The Morgan fingerprint density at radius 3 is 2.62 bits per heavy atom. The van der Waals surface area contributed by atoms with Gasteiger partial charge in [0, 0.05) is 18.3 Å². The van der Waals surface area contributed by atoms with Crippen LogP contribution in [0.2, 0.25) is 0 Å². The molecule has 2 rings (SSSR count). The molecule has 0 spiro atoms. The van der Waals surface area contributed by atoms with Crippen LogP contribution in [-0.2, 0) is 7.05 Å². The summed E-state index contributed by atoms with van der Waals surface area (Å²) in [5.74, 6) is 0. The van der Waals surface area contributed by atoms with Gasteiger partial charge < -0.3 is 0 Å². The van der Waals surface area contributed by atoms with Crippen LogP contribution in [0.3, 0.4) is 0 Å². The summed E-state index contributed by atoms with van der Waals surface area (Å²) in [6.07, 6.45) is 3.95. The molecule has 1 aliphatic heterocycles. The predicted molar refractivity (Wildman–Crippen MR) is 48.2 cm³/mol. The zero-order valence-electron chi connectivity index (χ0n) is 7.52. The fourth-order valence-corrected chi connectivity index (χ4v) is 1.19. The van der Waals surface area contributed by atoms with Crippen LogP contribution in [0.25, 0.3) is 5.70 Å². The van der Waals surface area contributed by atoms with Crippen molar-refractivity contribution in [2.45, 2.75) is 6.92 Å². The number of azo groups is 1. The summed E-state index contributed by atoms with van der Waals surface area (Å²) < 4.78 is 1.79. The van der Waals surface area contributed by atoms with Crippen LogP contribution < -0.4 is 5.73 Å². The Kier molecular flexibility index (Phi) is 1.73. The van der Waals surface area contributed by atoms with Crippen molar-refractivity contribution >= 4 is 5.70 Å². The maximum Gasteiger partial charge on any atom is 0.194 e. The summed E-state index contributed by atoms with van der Waals surface area (Å²) in [6, 6.07) is 0. The molecule has 0 unspecified atom stereocenters. The number of aromatic nitrogens is 2. The molecule has 0 aliphatic carbocycles. The summed E-state index contributed by atoms with van der Waals surface area (Å²) >= 11 is 0. The molecule has 0 amide bonds. The Morgan fingerprint density at radius 2 is 2.15 bits per heavy atom. The third-order valence-electron chi connectivity index (χ3n) is 2.07. The Hall–Kier alpha value is -1.49. The molecule has 1 aromatic heterocycles. The normalized spacial score (nSPS) is 16.7. The lowest BCUT2D eigenvalue weighted by Gasteiger charge is -1.96. The fraction of sp³-hybridized carbons (Fsp3) is 0.250. The molecular formula is C8H10N5. The summed E-state index contributed by atoms with van der Waals surface area (Å²) in [4.78, 5) is 0. The van der Waals surface area contributed by atoms with Crippen LogP contribution in [0.15, 0.2) is 22.5 Å². The number of aryl methyl sites for hydroxylation is 1. The highest BCUT2D eigenvalue weighted by atomic mass is 15.3. The minimum absolute atomic E-state index is 0.443. The zero-order valence-corrected chi connectivity index (χ0v) is 7.52. The van der Waals surface area contributed by atoms with Crippen molar-refractivity contribution in [3.05, 3.63) is 29.7 Å². The van der Waals surface area contributed by atoms with Gasteiger partial charge in [0.15, 0.2) is 6.17 Å². The quantitative estimate of drug-likeness (QED) is 0.693. The standard InChI is InChI=1S/C8H10N5/c1-5-6(4-10-13(5)2)7-3-8(9)12-11-7/h3-4H,9H2,1-2H3. The Labute approximate surface area is 76.0 Å². The molecule has 0 fully saturated rings. The van der Waals surface area contributed by atoms with E-state index < -0.39 is 0 Å². The van der Waals surface area contributed by atoms with E-state index in [4.69, 9.17) is 5.73 Å². The number of hydrogen-bond donors (Lipinski definition) is 1. The first-order valence-electron chi connectivity index (χ1n) is 3.93. The van der Waals surface area contributed by atoms with Gasteiger partial charge in [-0.2, -0.15) is 15.3 Å². The maximum absolute atomic E-state index is 5.47. The summed E-state index contributed by atoms with van der Waals surface area (Å²) in [5, 5.41) is 11.8. The topological polar surface area (TPSA) is 68.6 Å². The van der Waals surface area contributed by atoms with Crippen LogP contribution in [0.1, 0.15) is 11.3 Å². The minimum atomic E-state index is 0.443. The number of nitrogens with two attached hydrogens (primary N) is 1. The van der Waals surface area contributed by atoms with Gasteiger partial charge in [-0.1, -0.05) is 0 Å². The van der Waals surface area contributed by atoms with Gasteiger partial charge in [0.2, 0.25) is 0 Å². The van der Waals surface area contributed by atoms with E-state index in [1.807, 2.05) is 14.0 Å². The molecule has 1 aliphatic rings. The van der Waals surface area contributed by atoms with E-state index in [0.29, 0.717) is 6.17 Å². The highest BCUT2D eigenvalue weighted by Crippen LogP contribution is 2.25. The lowest BCUT2D eigenvalue weighted by molar-refractivity contribution is 0.739. The average molecular weight is 176 g/mol. The monoisotopic (exact) mass is 176 g/mol. The number of nitrogens with zero attached hydrogens (tertiary/aromatic N) is 4. The van der Waals surface area contributed by atoms with Gasteiger partial charge in [-0.05, 0) is 13.0 Å². The third kappa shape index (κ3) is 1.27. The smallest absolute Gasteiger partial charge is 0.194 e. The van der Waals surface area contributed by atoms with E-state index in [0.717, 1.165) is 17.0 Å². The molecule has 0 saturated heterocycles. The van der Waals surface area contributed by atoms with E-state index in [2.05, 4.69) is 15.3 Å². The zero-order chi connectivity index (χ0) is 9.42. The molecular weight excluding hydrogens is 166 g/mol. The molecule has 67 valence electrons. The predicted octanol–water partition coefficient (Wildman–Crippen LogP) is 0.983. The van der Waals surface area contributed by atoms with Gasteiger partial charge in [-0.25, -0.2) is 0 Å². The second kappa shape index (κ2) is 2.77. The van der Waals surface area contributed by atoms with E-state index in [9.17, 15) is 0 Å². The van der Waals surface area contributed by atoms with E-state index in [1.54, 1.807) is 17.0 Å². The molecule has 1 radical (unpaired) electrons. The minimum Gasteiger partial charge on any atom is -0.299 e. The van der Waals surface area contributed by atoms with E-state index in [-0.39, 0.29) is 0 Å². The highest BCUT2D eigenvalue weighted by Gasteiger charge is 2.15. The molecule has 0 aromatic carbocycles. The van der Waals surface area contributed by atoms with E-state index in [1.165, 1.54) is 0 Å². The molecule has 0 saturated carbocycles. The summed E-state index contributed by atoms with van der Waals surface area (Å²) in [7, 11) is 1.89. The Morgan fingerprint density at radius 1 is 1.38 bits per heavy atom. The number of rotatable bonds is 1. The SMILES string of the molecule is Cc1c(C2=C[C](N)N=N2)cnn1C. The molecule has 2 heterocycles. The molecule has 1 aromatic rings. The van der Waals surface area contributed by atoms with Crippen molar-refractivity contribution in [3.63, 3.8) is 0 Å². The maximum atomic E-state index is 5.47. The second-order valence-corrected chi connectivity index (χ2v) is 2.92. The van der Waals surface area contributed by atoms with Crippen molar-refractivity contribution in [1.82, 2.24) is 9.78 Å². The summed E-state index contributed by atoms with van der Waals surface area (Å²) in [5.41, 5.74) is 8.29. The molecule has 5 heteroatoms. The Balaban J connectivity index is 2.42. The van der Waals surface area contributed by atoms with Crippen molar-refractivity contribution in [2.24, 2.45) is 23.0 Å². The molecule has 2 N–H and O–H groups in total. The van der Waals surface area contributed by atoms with Crippen molar-refractivity contribution in [1.29, 1.82) is 0 Å². The molecule has 13 heavy (non-hydrogen) atoms. The second-order valence-electron chi connectivity index (χ2n) is 2.92. The van der Waals surface area contributed by atoms with Crippen LogP contribution in [0.4, 0.5) is 0 Å². The van der Waals surface area contributed by atoms with Crippen molar-refractivity contribution in [3.8, 4) is 0 Å². The largest absolute Gasteiger partial charge is 0.299 e. The van der Waals surface area contributed by atoms with Gasteiger partial charge in [-0.15, -0.1) is 0 Å². The van der Waals surface area contributed by atoms with E-state index >= 15 is 0 Å². The highest BCUT2D eigenvalue weighted by molar-refractivity contribution is 5.68. The lowest BCUT2D eigenvalue weighted by Crippen LogP contribution is -1.98. The average Bonchev–Trinajstić information content (AvgIpc) is 2.62. The van der Waals surface area contributed by atoms with Gasteiger partial charge in [0.1, 0.15) is 0 Å². The molecule has 0 bridgehead atoms. The number of hydrogen-bond acceptors (Lipinski definition) is 4. The fourth-order valence-electron chi connectivity index (χ4n) is 1.19. The first-order chi connectivity index (χ1) is 6.18. The van der Waals surface area contributed by atoms with Gasteiger partial charge >= 0.3 is 0 Å². The van der Waals surface area contributed by atoms with Crippen molar-refractivity contribution in [2.75, 3.05) is 0 Å². The van der Waals surface area contributed by atoms with Gasteiger partial charge in [-0.3, -0.25) is 10.4 Å². The van der Waals surface area contributed by atoms with Crippen LogP contribution in [-0.4, -0.2) is 9.78 Å². The lowest BCUT2D eigenvalue weighted by atomic mass is 10.2.